The van der Waals surface area contributed by atoms with E-state index in [1.165, 1.54) is 31.2 Å². The third-order valence-electron chi connectivity index (χ3n) is 4.49. The van der Waals surface area contributed by atoms with Crippen molar-refractivity contribution in [1.82, 2.24) is 10.3 Å². The van der Waals surface area contributed by atoms with Crippen LogP contribution in [-0.2, 0) is 31.0 Å². The van der Waals surface area contributed by atoms with E-state index in [4.69, 9.17) is 0 Å². The van der Waals surface area contributed by atoms with Gasteiger partial charge in [0.2, 0.25) is 5.91 Å². The van der Waals surface area contributed by atoms with Gasteiger partial charge < -0.3 is 10.6 Å². The molecule has 28 heavy (non-hydrogen) atoms. The smallest absolute Gasteiger partial charge is 0.221 e. The summed E-state index contributed by atoms with van der Waals surface area (Å²) in [6.45, 7) is 1.67. The Morgan fingerprint density at radius 3 is 2.50 bits per heavy atom. The Morgan fingerprint density at radius 1 is 1.18 bits per heavy atom. The minimum atomic E-state index is -3.88. The molecule has 0 saturated carbocycles. The molecule has 1 aromatic carbocycles. The van der Waals surface area contributed by atoms with Crippen LogP contribution in [0, 0.1) is 0 Å². The molecule has 0 spiro atoms. The van der Waals surface area contributed by atoms with Gasteiger partial charge in [0.1, 0.15) is 0 Å². The fourth-order valence-corrected chi connectivity index (χ4v) is 7.89. The van der Waals surface area contributed by atoms with Crippen LogP contribution in [0.25, 0.3) is 0 Å². The predicted octanol–water partition coefficient (Wildman–Crippen LogP) is 0.769. The fraction of sp³-hybridized carbons (Fsp3) is 0.333. The van der Waals surface area contributed by atoms with Gasteiger partial charge in [-0.3, -0.25) is 9.78 Å². The van der Waals surface area contributed by atoms with Gasteiger partial charge in [0, 0.05) is 37.6 Å². The minimum absolute atomic E-state index is 0.0249. The van der Waals surface area contributed by atoms with E-state index in [1.54, 1.807) is 18.5 Å². The van der Waals surface area contributed by atoms with Crippen LogP contribution in [0.5, 0.6) is 0 Å². The number of aromatic nitrogens is 1. The van der Waals surface area contributed by atoms with E-state index in [9.17, 15) is 21.6 Å². The molecule has 2 unspecified atom stereocenters. The zero-order valence-corrected chi connectivity index (χ0v) is 16.8. The van der Waals surface area contributed by atoms with Crippen molar-refractivity contribution < 1.29 is 21.6 Å². The molecule has 1 fully saturated rings. The molecule has 1 amide bonds. The molecule has 1 aliphatic rings. The summed E-state index contributed by atoms with van der Waals surface area (Å²) in [5.74, 6) is -0.925. The summed E-state index contributed by atoms with van der Waals surface area (Å²) < 4.78 is 50.5. The molecular formula is C18H21N3O5S2. The van der Waals surface area contributed by atoms with Crippen LogP contribution in [0.2, 0.25) is 0 Å². The number of amides is 1. The van der Waals surface area contributed by atoms with Crippen LogP contribution in [0.3, 0.4) is 0 Å². The van der Waals surface area contributed by atoms with E-state index in [-0.39, 0.29) is 16.6 Å². The van der Waals surface area contributed by atoms with Crippen LogP contribution < -0.4 is 10.6 Å². The molecule has 1 saturated heterocycles. The highest BCUT2D eigenvalue weighted by Crippen LogP contribution is 2.27. The lowest BCUT2D eigenvalue weighted by Gasteiger charge is -2.20. The number of carbonyl (C=O) groups is 1. The van der Waals surface area contributed by atoms with Gasteiger partial charge in [0.05, 0.1) is 21.7 Å². The summed E-state index contributed by atoms with van der Waals surface area (Å²) in [5, 5.41) is 4.54. The second-order valence-electron chi connectivity index (χ2n) is 6.71. The lowest BCUT2D eigenvalue weighted by atomic mass is 10.2. The lowest BCUT2D eigenvalue weighted by Crippen LogP contribution is -2.43. The quantitative estimate of drug-likeness (QED) is 0.703. The molecule has 2 heterocycles. The van der Waals surface area contributed by atoms with Crippen molar-refractivity contribution in [3.63, 3.8) is 0 Å². The molecule has 3 rings (SSSR count). The maximum absolute atomic E-state index is 13.1. The second-order valence-corrected chi connectivity index (χ2v) is 11.0. The average molecular weight is 424 g/mol. The van der Waals surface area contributed by atoms with Crippen LogP contribution in [-0.4, -0.2) is 50.5 Å². The highest BCUT2D eigenvalue weighted by atomic mass is 32.2. The van der Waals surface area contributed by atoms with Crippen molar-refractivity contribution in [1.29, 1.82) is 0 Å². The molecule has 150 valence electrons. The highest BCUT2D eigenvalue weighted by molar-refractivity contribution is 7.96. The van der Waals surface area contributed by atoms with Crippen LogP contribution in [0.15, 0.2) is 53.7 Å². The van der Waals surface area contributed by atoms with E-state index in [0.717, 1.165) is 5.56 Å². The van der Waals surface area contributed by atoms with Gasteiger partial charge in [-0.2, -0.15) is 0 Å². The largest absolute Gasteiger partial charge is 0.326 e. The first-order valence-electron chi connectivity index (χ1n) is 8.62. The first-order chi connectivity index (χ1) is 13.2. The molecule has 2 aromatic rings. The summed E-state index contributed by atoms with van der Waals surface area (Å²) in [7, 11) is -7.36. The summed E-state index contributed by atoms with van der Waals surface area (Å²) in [6.07, 6.45) is 3.27. The third-order valence-corrected chi connectivity index (χ3v) is 8.66. The van der Waals surface area contributed by atoms with Gasteiger partial charge in [-0.1, -0.05) is 6.07 Å². The Hall–Kier alpha value is -2.30. The van der Waals surface area contributed by atoms with Gasteiger partial charge in [-0.15, -0.1) is 0 Å². The van der Waals surface area contributed by atoms with Crippen molar-refractivity contribution in [2.45, 2.75) is 29.7 Å². The zero-order chi connectivity index (χ0) is 20.4. The Bertz CT molecular complexity index is 1050. The van der Waals surface area contributed by atoms with Gasteiger partial charge in [0.15, 0.2) is 19.7 Å². The van der Waals surface area contributed by atoms with Gasteiger partial charge >= 0.3 is 0 Å². The average Bonchev–Trinajstić information content (AvgIpc) is 2.96. The topological polar surface area (TPSA) is 122 Å². The number of hydrogen-bond acceptors (Lipinski definition) is 7. The molecule has 2 atom stereocenters. The number of rotatable bonds is 6. The molecule has 0 radical (unpaired) electrons. The van der Waals surface area contributed by atoms with Crippen molar-refractivity contribution in [2.75, 3.05) is 16.8 Å². The summed E-state index contributed by atoms with van der Waals surface area (Å²) in [4.78, 5) is 15.1. The van der Waals surface area contributed by atoms with Crippen LogP contribution >= 0.6 is 0 Å². The molecule has 1 aliphatic heterocycles. The summed E-state index contributed by atoms with van der Waals surface area (Å²) >= 11 is 0. The van der Waals surface area contributed by atoms with Gasteiger partial charge in [-0.05, 0) is 35.9 Å². The Morgan fingerprint density at radius 2 is 1.89 bits per heavy atom. The SMILES string of the molecule is CC(=O)Nc1ccc(S(=O)(=O)C2CS(=O)(=O)CC2NCc2cccnc2)cc1. The monoisotopic (exact) mass is 423 g/mol. The number of pyridine rings is 1. The van der Waals surface area contributed by atoms with Crippen molar-refractivity contribution in [3.05, 3.63) is 54.4 Å². The van der Waals surface area contributed by atoms with Crippen molar-refractivity contribution in [3.8, 4) is 0 Å². The van der Waals surface area contributed by atoms with E-state index in [1.807, 2.05) is 6.07 Å². The summed E-state index contributed by atoms with van der Waals surface area (Å²) in [5.41, 5.74) is 1.30. The number of anilines is 1. The van der Waals surface area contributed by atoms with Gasteiger partial charge in [-0.25, -0.2) is 16.8 Å². The van der Waals surface area contributed by atoms with E-state index >= 15 is 0 Å². The Labute approximate surface area is 164 Å². The number of nitrogens with one attached hydrogen (secondary N) is 2. The van der Waals surface area contributed by atoms with Crippen LogP contribution in [0.4, 0.5) is 5.69 Å². The standard InChI is InChI=1S/C18H21N3O5S2/c1-13(22)21-15-4-6-16(7-5-15)28(25,26)18-12-27(23,24)11-17(18)20-10-14-3-2-8-19-9-14/h2-9,17-18,20H,10-12H2,1H3,(H,21,22). The fourth-order valence-electron chi connectivity index (χ4n) is 3.17. The maximum Gasteiger partial charge on any atom is 0.221 e. The van der Waals surface area contributed by atoms with E-state index < -0.39 is 36.7 Å². The first kappa shape index (κ1) is 20.4. The Balaban J connectivity index is 1.82. The van der Waals surface area contributed by atoms with Gasteiger partial charge in [0.25, 0.3) is 0 Å². The van der Waals surface area contributed by atoms with Crippen molar-refractivity contribution >= 4 is 31.3 Å². The number of carbonyl (C=O) groups excluding carboxylic acids is 1. The molecular weight excluding hydrogens is 402 g/mol. The van der Waals surface area contributed by atoms with Crippen LogP contribution in [0.1, 0.15) is 12.5 Å². The second kappa shape index (κ2) is 7.98. The molecule has 10 heteroatoms. The summed E-state index contributed by atoms with van der Waals surface area (Å²) in [6, 6.07) is 8.59. The predicted molar refractivity (Wildman–Crippen MR) is 105 cm³/mol. The maximum atomic E-state index is 13.1. The number of sulfone groups is 2. The molecule has 0 bridgehead atoms. The van der Waals surface area contributed by atoms with E-state index in [0.29, 0.717) is 12.2 Å². The number of benzene rings is 1. The molecule has 2 N–H and O–H groups in total. The van der Waals surface area contributed by atoms with Crippen molar-refractivity contribution in [2.24, 2.45) is 0 Å². The highest BCUT2D eigenvalue weighted by Gasteiger charge is 2.45. The molecule has 1 aromatic heterocycles. The minimum Gasteiger partial charge on any atom is -0.326 e. The lowest BCUT2D eigenvalue weighted by molar-refractivity contribution is -0.114. The number of hydrogen-bond donors (Lipinski definition) is 2. The molecule has 8 nitrogen and oxygen atoms in total. The zero-order valence-electron chi connectivity index (χ0n) is 15.2. The number of nitrogens with zero attached hydrogens (tertiary/aromatic N) is 1. The molecule has 0 aliphatic carbocycles. The first-order valence-corrected chi connectivity index (χ1v) is 12.0. The van der Waals surface area contributed by atoms with E-state index in [2.05, 4.69) is 15.6 Å². The normalized spacial score (nSPS) is 21.3. The third kappa shape index (κ3) is 4.75. The Kier molecular flexibility index (Phi) is 5.82.